The molecule has 32 heavy (non-hydrogen) atoms. The first kappa shape index (κ1) is 21.7. The molecule has 2 N–H and O–H groups in total. The minimum Gasteiger partial charge on any atom is -0.508 e. The van der Waals surface area contributed by atoms with Crippen molar-refractivity contribution in [3.63, 3.8) is 0 Å². The number of fused-ring (bicyclic) bond motifs is 1. The van der Waals surface area contributed by atoms with Crippen LogP contribution in [0.15, 0.2) is 36.4 Å². The lowest BCUT2D eigenvalue weighted by Gasteiger charge is -2.32. The van der Waals surface area contributed by atoms with Gasteiger partial charge in [-0.1, -0.05) is 12.1 Å². The van der Waals surface area contributed by atoms with Crippen molar-refractivity contribution in [2.24, 2.45) is 5.92 Å². The Bertz CT molecular complexity index is 1040. The van der Waals surface area contributed by atoms with E-state index in [1.807, 2.05) is 11.0 Å². The van der Waals surface area contributed by atoms with Gasteiger partial charge in [0.15, 0.2) is 17.3 Å². The normalized spacial score (nSPS) is 15.5. The fourth-order valence-corrected chi connectivity index (χ4v) is 4.14. The highest BCUT2D eigenvalue weighted by Gasteiger charge is 2.26. The van der Waals surface area contributed by atoms with Gasteiger partial charge in [-0.3, -0.25) is 14.4 Å². The zero-order valence-electron chi connectivity index (χ0n) is 17.9. The number of phenolic OH excluding ortho intramolecular Hbond substituents is 1. The van der Waals surface area contributed by atoms with Gasteiger partial charge < -0.3 is 24.8 Å². The minimum absolute atomic E-state index is 0.0185. The fraction of sp³-hybridized carbons (Fsp3) is 0.375. The van der Waals surface area contributed by atoms with E-state index in [4.69, 9.17) is 9.47 Å². The second kappa shape index (κ2) is 9.30. The van der Waals surface area contributed by atoms with Crippen molar-refractivity contribution in [1.29, 1.82) is 0 Å². The van der Waals surface area contributed by atoms with Crippen LogP contribution in [0.25, 0.3) is 0 Å². The molecule has 4 rings (SSSR count). The van der Waals surface area contributed by atoms with Crippen LogP contribution in [-0.4, -0.2) is 47.5 Å². The molecule has 0 radical (unpaired) electrons. The number of likely N-dealkylation sites (tertiary alicyclic amines) is 1. The molecule has 0 aliphatic carbocycles. The SMILES string of the molecule is CC(=O)c1cc2c(cc1NC(=O)CC1CCN(C(=O)Cc3cccc(O)c3)CC1)OCO2. The molecular formula is C24H26N2O6. The quantitative estimate of drug-likeness (QED) is 0.672. The van der Waals surface area contributed by atoms with Crippen LogP contribution in [0.4, 0.5) is 5.69 Å². The highest BCUT2D eigenvalue weighted by Crippen LogP contribution is 2.37. The number of benzene rings is 2. The predicted molar refractivity (Wildman–Crippen MR) is 117 cm³/mol. The first-order valence-electron chi connectivity index (χ1n) is 10.7. The first-order valence-corrected chi connectivity index (χ1v) is 10.7. The Balaban J connectivity index is 1.29. The number of aromatic hydroxyl groups is 1. The van der Waals surface area contributed by atoms with Gasteiger partial charge in [-0.2, -0.15) is 0 Å². The monoisotopic (exact) mass is 438 g/mol. The number of nitrogens with one attached hydrogen (secondary N) is 1. The average molecular weight is 438 g/mol. The number of ether oxygens (including phenoxy) is 2. The van der Waals surface area contributed by atoms with Crippen molar-refractivity contribution in [2.75, 3.05) is 25.2 Å². The second-order valence-corrected chi connectivity index (χ2v) is 8.23. The van der Waals surface area contributed by atoms with Gasteiger partial charge in [0.05, 0.1) is 12.1 Å². The van der Waals surface area contributed by atoms with Crippen molar-refractivity contribution in [2.45, 2.75) is 32.6 Å². The van der Waals surface area contributed by atoms with Crippen molar-refractivity contribution in [1.82, 2.24) is 4.90 Å². The van der Waals surface area contributed by atoms with Crippen LogP contribution in [0.3, 0.4) is 0 Å². The molecule has 0 saturated carbocycles. The van der Waals surface area contributed by atoms with Gasteiger partial charge in [-0.05, 0) is 49.4 Å². The molecule has 0 aromatic heterocycles. The van der Waals surface area contributed by atoms with E-state index in [0.717, 1.165) is 18.4 Å². The Morgan fingerprint density at radius 2 is 1.81 bits per heavy atom. The number of piperidine rings is 1. The lowest BCUT2D eigenvalue weighted by molar-refractivity contribution is -0.131. The number of ketones is 1. The maximum atomic E-state index is 12.6. The molecule has 1 saturated heterocycles. The summed E-state index contributed by atoms with van der Waals surface area (Å²) in [5.41, 5.74) is 1.59. The number of nitrogens with zero attached hydrogens (tertiary/aromatic N) is 1. The van der Waals surface area contributed by atoms with Gasteiger partial charge in [0, 0.05) is 31.1 Å². The molecule has 8 nitrogen and oxygen atoms in total. The Labute approximate surface area is 186 Å². The molecule has 8 heteroatoms. The lowest BCUT2D eigenvalue weighted by Crippen LogP contribution is -2.40. The summed E-state index contributed by atoms with van der Waals surface area (Å²) in [6, 6.07) is 9.94. The summed E-state index contributed by atoms with van der Waals surface area (Å²) >= 11 is 0. The fourth-order valence-electron chi connectivity index (χ4n) is 4.14. The number of Topliss-reactive ketones (excluding diaryl/α,β-unsaturated/α-hetero) is 1. The number of hydrogen-bond donors (Lipinski definition) is 2. The van der Waals surface area contributed by atoms with Crippen LogP contribution in [0.5, 0.6) is 17.2 Å². The maximum Gasteiger partial charge on any atom is 0.231 e. The summed E-state index contributed by atoms with van der Waals surface area (Å²) in [6.07, 6.45) is 2.04. The third-order valence-corrected chi connectivity index (χ3v) is 5.87. The van der Waals surface area contributed by atoms with Crippen molar-refractivity contribution in [3.8, 4) is 17.2 Å². The molecule has 2 aliphatic heterocycles. The van der Waals surface area contributed by atoms with E-state index in [0.29, 0.717) is 42.3 Å². The van der Waals surface area contributed by atoms with Crippen LogP contribution in [0, 0.1) is 5.92 Å². The largest absolute Gasteiger partial charge is 0.508 e. The molecule has 2 amide bonds. The molecule has 2 aromatic carbocycles. The molecular weight excluding hydrogens is 412 g/mol. The van der Waals surface area contributed by atoms with E-state index < -0.39 is 0 Å². The number of anilines is 1. The average Bonchev–Trinajstić information content (AvgIpc) is 3.21. The molecule has 0 unspecified atom stereocenters. The van der Waals surface area contributed by atoms with Gasteiger partial charge in [0.25, 0.3) is 0 Å². The minimum atomic E-state index is -0.170. The van der Waals surface area contributed by atoms with Crippen LogP contribution in [-0.2, 0) is 16.0 Å². The zero-order chi connectivity index (χ0) is 22.7. The second-order valence-electron chi connectivity index (χ2n) is 8.23. The zero-order valence-corrected chi connectivity index (χ0v) is 17.9. The number of amides is 2. The summed E-state index contributed by atoms with van der Waals surface area (Å²) in [6.45, 7) is 2.72. The number of rotatable bonds is 6. The van der Waals surface area contributed by atoms with Gasteiger partial charge in [0.2, 0.25) is 18.6 Å². The Kier molecular flexibility index (Phi) is 6.30. The first-order chi connectivity index (χ1) is 15.4. The Morgan fingerprint density at radius 3 is 2.50 bits per heavy atom. The molecule has 0 atom stereocenters. The van der Waals surface area contributed by atoms with Crippen LogP contribution in [0.1, 0.15) is 42.1 Å². The predicted octanol–water partition coefficient (Wildman–Crippen LogP) is 3.13. The van der Waals surface area contributed by atoms with Crippen LogP contribution >= 0.6 is 0 Å². The van der Waals surface area contributed by atoms with E-state index >= 15 is 0 Å². The number of carbonyl (C=O) groups excluding carboxylic acids is 3. The van der Waals surface area contributed by atoms with E-state index in [9.17, 15) is 19.5 Å². The summed E-state index contributed by atoms with van der Waals surface area (Å²) in [7, 11) is 0. The molecule has 2 aromatic rings. The molecule has 168 valence electrons. The molecule has 2 heterocycles. The molecule has 0 bridgehead atoms. The number of carbonyl (C=O) groups is 3. The topological polar surface area (TPSA) is 105 Å². The summed E-state index contributed by atoms with van der Waals surface area (Å²) < 4.78 is 10.7. The highest BCUT2D eigenvalue weighted by atomic mass is 16.7. The third-order valence-electron chi connectivity index (χ3n) is 5.87. The Hall–Kier alpha value is -3.55. The van der Waals surface area contributed by atoms with E-state index in [1.54, 1.807) is 30.3 Å². The third kappa shape index (κ3) is 5.01. The summed E-state index contributed by atoms with van der Waals surface area (Å²) in [4.78, 5) is 39.0. The Morgan fingerprint density at radius 1 is 1.09 bits per heavy atom. The van der Waals surface area contributed by atoms with Gasteiger partial charge >= 0.3 is 0 Å². The van der Waals surface area contributed by atoms with E-state index in [-0.39, 0.29) is 42.5 Å². The molecule has 0 spiro atoms. The number of hydrogen-bond acceptors (Lipinski definition) is 6. The van der Waals surface area contributed by atoms with Gasteiger partial charge in [0.1, 0.15) is 5.75 Å². The van der Waals surface area contributed by atoms with Crippen molar-refractivity contribution >= 4 is 23.3 Å². The van der Waals surface area contributed by atoms with Crippen molar-refractivity contribution in [3.05, 3.63) is 47.5 Å². The maximum absolute atomic E-state index is 12.6. The van der Waals surface area contributed by atoms with Crippen molar-refractivity contribution < 1.29 is 29.0 Å². The summed E-state index contributed by atoms with van der Waals surface area (Å²) in [5.74, 6) is 0.989. The van der Waals surface area contributed by atoms with Gasteiger partial charge in [-0.25, -0.2) is 0 Å². The number of phenols is 1. The standard InChI is InChI=1S/C24H26N2O6/c1-15(27)19-12-21-22(32-14-31-21)13-20(19)25-23(29)10-16-5-7-26(8-6-16)24(30)11-17-3-2-4-18(28)9-17/h2-4,9,12-13,16,28H,5-8,10-11,14H2,1H3,(H,25,29). The van der Waals surface area contributed by atoms with E-state index in [1.165, 1.54) is 6.92 Å². The van der Waals surface area contributed by atoms with E-state index in [2.05, 4.69) is 5.32 Å². The van der Waals surface area contributed by atoms with Crippen LogP contribution in [0.2, 0.25) is 0 Å². The van der Waals surface area contributed by atoms with Gasteiger partial charge in [-0.15, -0.1) is 0 Å². The summed E-state index contributed by atoms with van der Waals surface area (Å²) in [5, 5.41) is 12.4. The molecule has 1 fully saturated rings. The van der Waals surface area contributed by atoms with Crippen LogP contribution < -0.4 is 14.8 Å². The highest BCUT2D eigenvalue weighted by molar-refractivity contribution is 6.04. The lowest BCUT2D eigenvalue weighted by atomic mass is 9.92. The smallest absolute Gasteiger partial charge is 0.231 e. The molecule has 2 aliphatic rings.